The van der Waals surface area contributed by atoms with Gasteiger partial charge < -0.3 is 5.73 Å². The fourth-order valence-electron chi connectivity index (χ4n) is 2.14. The molecule has 3 nitrogen and oxygen atoms in total. The van der Waals surface area contributed by atoms with Crippen LogP contribution < -0.4 is 5.73 Å². The maximum absolute atomic E-state index is 5.91. The highest BCUT2D eigenvalue weighted by molar-refractivity contribution is 6.30. The first-order chi connectivity index (χ1) is 8.63. The van der Waals surface area contributed by atoms with Crippen molar-refractivity contribution < 1.29 is 0 Å². The first-order valence-electron chi connectivity index (χ1n) is 6.16. The maximum atomic E-state index is 5.91. The Bertz CT molecular complexity index is 514. The monoisotopic (exact) mass is 263 g/mol. The summed E-state index contributed by atoms with van der Waals surface area (Å²) >= 11 is 5.91. The van der Waals surface area contributed by atoms with Gasteiger partial charge in [-0.15, -0.1) is 0 Å². The van der Waals surface area contributed by atoms with Crippen LogP contribution in [0.3, 0.4) is 0 Å². The molecule has 2 N–H and O–H groups in total. The molecule has 2 rings (SSSR count). The van der Waals surface area contributed by atoms with Gasteiger partial charge in [0, 0.05) is 5.02 Å². The smallest absolute Gasteiger partial charge is 0.0650 e. The van der Waals surface area contributed by atoms with Crippen LogP contribution in [0.1, 0.15) is 31.0 Å². The van der Waals surface area contributed by atoms with Crippen molar-refractivity contribution in [3.8, 4) is 5.69 Å². The second-order valence-electron chi connectivity index (χ2n) is 4.64. The van der Waals surface area contributed by atoms with Gasteiger partial charge >= 0.3 is 0 Å². The summed E-state index contributed by atoms with van der Waals surface area (Å²) in [6.45, 7) is 4.99. The first-order valence-corrected chi connectivity index (χ1v) is 6.54. The number of benzene rings is 1. The van der Waals surface area contributed by atoms with Gasteiger partial charge in [0.25, 0.3) is 0 Å². The molecule has 1 aromatic carbocycles. The maximum Gasteiger partial charge on any atom is 0.0650 e. The Morgan fingerprint density at radius 3 is 2.50 bits per heavy atom. The van der Waals surface area contributed by atoms with Crippen LogP contribution in [0.5, 0.6) is 0 Å². The Morgan fingerprint density at radius 2 is 1.94 bits per heavy atom. The van der Waals surface area contributed by atoms with E-state index in [2.05, 4.69) is 18.9 Å². The van der Waals surface area contributed by atoms with E-state index >= 15 is 0 Å². The van der Waals surface area contributed by atoms with Gasteiger partial charge in [0.2, 0.25) is 0 Å². The van der Waals surface area contributed by atoms with Crippen molar-refractivity contribution in [2.45, 2.75) is 26.2 Å². The summed E-state index contributed by atoms with van der Waals surface area (Å²) in [5, 5.41) is 5.21. The summed E-state index contributed by atoms with van der Waals surface area (Å²) in [6, 6.07) is 7.72. The minimum Gasteiger partial charge on any atom is -0.330 e. The van der Waals surface area contributed by atoms with Crippen LogP contribution in [0, 0.1) is 0 Å². The predicted molar refractivity (Wildman–Crippen MR) is 75.4 cm³/mol. The number of hydrogen-bond acceptors (Lipinski definition) is 2. The molecule has 0 saturated carbocycles. The average Bonchev–Trinajstić information content (AvgIpc) is 2.74. The Hall–Kier alpha value is -1.32. The normalized spacial score (nSPS) is 11.2. The van der Waals surface area contributed by atoms with Gasteiger partial charge in [0.05, 0.1) is 17.6 Å². The summed E-state index contributed by atoms with van der Waals surface area (Å²) in [5.41, 5.74) is 9.13. The summed E-state index contributed by atoms with van der Waals surface area (Å²) in [6.07, 6.45) is 2.78. The van der Waals surface area contributed by atoms with E-state index < -0.39 is 0 Å². The minimum atomic E-state index is 0.407. The number of nitrogens with zero attached hydrogens (tertiary/aromatic N) is 2. The molecule has 0 aliphatic carbocycles. The number of hydrogen-bond donors (Lipinski definition) is 1. The summed E-state index contributed by atoms with van der Waals surface area (Å²) < 4.78 is 1.98. The first kappa shape index (κ1) is 13.1. The number of nitrogens with two attached hydrogens (primary N) is 1. The summed E-state index contributed by atoms with van der Waals surface area (Å²) in [4.78, 5) is 0. The lowest BCUT2D eigenvalue weighted by Gasteiger charge is -2.12. The predicted octanol–water partition coefficient (Wildman–Crippen LogP) is 3.15. The molecule has 4 heteroatoms. The molecule has 0 saturated heterocycles. The zero-order valence-electron chi connectivity index (χ0n) is 10.7. The molecule has 0 aliphatic rings. The second-order valence-corrected chi connectivity index (χ2v) is 5.07. The lowest BCUT2D eigenvalue weighted by molar-refractivity contribution is 0.724. The topological polar surface area (TPSA) is 43.8 Å². The van der Waals surface area contributed by atoms with Gasteiger partial charge in [-0.1, -0.05) is 25.4 Å². The van der Waals surface area contributed by atoms with E-state index in [1.54, 1.807) is 0 Å². The van der Waals surface area contributed by atoms with Crippen LogP contribution in [0.25, 0.3) is 5.69 Å². The molecule has 0 fully saturated rings. The molecule has 0 unspecified atom stereocenters. The van der Waals surface area contributed by atoms with Crippen LogP contribution in [0.2, 0.25) is 5.02 Å². The Labute approximate surface area is 113 Å². The Kier molecular flexibility index (Phi) is 4.04. The van der Waals surface area contributed by atoms with E-state index in [9.17, 15) is 0 Å². The minimum absolute atomic E-state index is 0.407. The van der Waals surface area contributed by atoms with Gasteiger partial charge in [-0.25, -0.2) is 4.68 Å². The van der Waals surface area contributed by atoms with Gasteiger partial charge in [-0.05, 0) is 48.7 Å². The van der Waals surface area contributed by atoms with Crippen molar-refractivity contribution in [2.24, 2.45) is 5.73 Å². The zero-order valence-corrected chi connectivity index (χ0v) is 11.5. The molecule has 0 spiro atoms. The molecule has 1 heterocycles. The SMILES string of the molecule is CC(C)c1c(CCN)cnn1-c1ccc(Cl)cc1. The van der Waals surface area contributed by atoms with Crippen molar-refractivity contribution in [3.63, 3.8) is 0 Å². The van der Waals surface area contributed by atoms with Gasteiger partial charge in [0.15, 0.2) is 0 Å². The summed E-state index contributed by atoms with van der Waals surface area (Å²) in [7, 11) is 0. The second kappa shape index (κ2) is 5.55. The zero-order chi connectivity index (χ0) is 13.1. The third kappa shape index (κ3) is 2.57. The van der Waals surface area contributed by atoms with Gasteiger partial charge in [-0.3, -0.25) is 0 Å². The standard InChI is InChI=1S/C14H18ClN3/c1-10(2)14-11(7-8-16)9-17-18(14)13-5-3-12(15)4-6-13/h3-6,9-10H,7-8,16H2,1-2H3. The van der Waals surface area contributed by atoms with Crippen molar-refractivity contribution >= 4 is 11.6 Å². The number of halogens is 1. The van der Waals surface area contributed by atoms with Crippen LogP contribution in [0.4, 0.5) is 0 Å². The highest BCUT2D eigenvalue weighted by Crippen LogP contribution is 2.24. The van der Waals surface area contributed by atoms with Gasteiger partial charge in [-0.2, -0.15) is 5.10 Å². The molecule has 0 bridgehead atoms. The van der Waals surface area contributed by atoms with Crippen molar-refractivity contribution in [2.75, 3.05) is 6.54 Å². The molecule has 18 heavy (non-hydrogen) atoms. The van der Waals surface area contributed by atoms with Crippen molar-refractivity contribution in [3.05, 3.63) is 46.7 Å². The summed E-state index contributed by atoms with van der Waals surface area (Å²) in [5.74, 6) is 0.407. The van der Waals surface area contributed by atoms with E-state index in [1.807, 2.05) is 35.1 Å². The molecule has 0 amide bonds. The van der Waals surface area contributed by atoms with Crippen LogP contribution in [0.15, 0.2) is 30.5 Å². The van der Waals surface area contributed by atoms with E-state index in [-0.39, 0.29) is 0 Å². The third-order valence-corrected chi connectivity index (χ3v) is 3.17. The molecule has 0 atom stereocenters. The molecule has 0 radical (unpaired) electrons. The molecule has 2 aromatic rings. The quantitative estimate of drug-likeness (QED) is 0.921. The molecular formula is C14H18ClN3. The Balaban J connectivity index is 2.47. The number of aromatic nitrogens is 2. The van der Waals surface area contributed by atoms with E-state index in [1.165, 1.54) is 11.3 Å². The number of rotatable bonds is 4. The highest BCUT2D eigenvalue weighted by Gasteiger charge is 2.14. The van der Waals surface area contributed by atoms with E-state index in [0.29, 0.717) is 12.5 Å². The van der Waals surface area contributed by atoms with Crippen molar-refractivity contribution in [1.29, 1.82) is 0 Å². The van der Waals surface area contributed by atoms with E-state index in [0.717, 1.165) is 17.1 Å². The lowest BCUT2D eigenvalue weighted by atomic mass is 10.0. The average molecular weight is 264 g/mol. The lowest BCUT2D eigenvalue weighted by Crippen LogP contribution is -2.08. The van der Waals surface area contributed by atoms with Gasteiger partial charge in [0.1, 0.15) is 0 Å². The molecule has 0 aliphatic heterocycles. The van der Waals surface area contributed by atoms with Crippen LogP contribution >= 0.6 is 11.6 Å². The largest absolute Gasteiger partial charge is 0.330 e. The van der Waals surface area contributed by atoms with E-state index in [4.69, 9.17) is 17.3 Å². The highest BCUT2D eigenvalue weighted by atomic mass is 35.5. The van der Waals surface area contributed by atoms with Crippen molar-refractivity contribution in [1.82, 2.24) is 9.78 Å². The van der Waals surface area contributed by atoms with Crippen LogP contribution in [-0.4, -0.2) is 16.3 Å². The molecule has 1 aromatic heterocycles. The molecular weight excluding hydrogens is 246 g/mol. The Morgan fingerprint density at radius 1 is 1.28 bits per heavy atom. The van der Waals surface area contributed by atoms with Crippen LogP contribution in [-0.2, 0) is 6.42 Å². The fraction of sp³-hybridized carbons (Fsp3) is 0.357. The molecule has 96 valence electrons. The third-order valence-electron chi connectivity index (χ3n) is 2.92. The fourth-order valence-corrected chi connectivity index (χ4v) is 2.27.